The number of rotatable bonds is 2. The van der Waals surface area contributed by atoms with Gasteiger partial charge in [-0.05, 0) is 6.92 Å². The Labute approximate surface area is 89.2 Å². The Balaban J connectivity index is 2.51. The second-order valence-electron chi connectivity index (χ2n) is 3.16. The van der Waals surface area contributed by atoms with Crippen molar-refractivity contribution in [1.29, 1.82) is 0 Å². The Kier molecular flexibility index (Phi) is 2.28. The lowest BCUT2D eigenvalue weighted by atomic mass is 10.3. The monoisotopic (exact) mass is 223 g/mol. The molecule has 0 fully saturated rings. The Morgan fingerprint density at radius 1 is 1.47 bits per heavy atom. The van der Waals surface area contributed by atoms with E-state index >= 15 is 0 Å². The van der Waals surface area contributed by atoms with Gasteiger partial charge in [-0.15, -0.1) is 11.3 Å². The Bertz CT molecular complexity index is 564. The molecule has 0 amide bonds. The number of ketones is 1. The molecule has 0 bridgehead atoms. The highest BCUT2D eigenvalue weighted by atomic mass is 32.1. The first kappa shape index (κ1) is 9.85. The van der Waals surface area contributed by atoms with Gasteiger partial charge in [0.15, 0.2) is 5.78 Å². The Morgan fingerprint density at radius 3 is 2.67 bits per heavy atom. The van der Waals surface area contributed by atoms with Crippen molar-refractivity contribution in [2.24, 2.45) is 0 Å². The van der Waals surface area contributed by atoms with Gasteiger partial charge in [-0.25, -0.2) is 4.98 Å². The van der Waals surface area contributed by atoms with Crippen molar-refractivity contribution in [2.75, 3.05) is 0 Å². The molecule has 5 nitrogen and oxygen atoms in total. The number of carbonyl (C=O) groups is 1. The summed E-state index contributed by atoms with van der Waals surface area (Å²) in [6.45, 7) is 3.28. The molecule has 0 unspecified atom stereocenters. The first-order valence-electron chi connectivity index (χ1n) is 4.34. The molecule has 0 saturated carbocycles. The largest absolute Gasteiger partial charge is 0.295 e. The number of Topliss-reactive ketones (excluding diaryl/α,β-unsaturated/α-hetero) is 1. The van der Waals surface area contributed by atoms with Gasteiger partial charge in [-0.1, -0.05) is 0 Å². The maximum absolute atomic E-state index is 11.2. The number of aromatic nitrogens is 3. The normalized spacial score (nSPS) is 10.5. The van der Waals surface area contributed by atoms with Gasteiger partial charge in [0.2, 0.25) is 0 Å². The van der Waals surface area contributed by atoms with Gasteiger partial charge < -0.3 is 0 Å². The standard InChI is InChI=1S/C9H9N3O2S/c1-4-8(5(2)13)15-9(10-4)6-3-7(14)12-11-6/h3H,1-2H3,(H2,11,12,14). The van der Waals surface area contributed by atoms with Crippen molar-refractivity contribution in [1.82, 2.24) is 15.2 Å². The molecule has 0 aliphatic heterocycles. The van der Waals surface area contributed by atoms with Crippen molar-refractivity contribution < 1.29 is 4.79 Å². The van der Waals surface area contributed by atoms with E-state index in [0.717, 1.165) is 0 Å². The molecule has 6 heteroatoms. The molecule has 0 radical (unpaired) electrons. The molecule has 2 heterocycles. The summed E-state index contributed by atoms with van der Waals surface area (Å²) in [5, 5.41) is 5.78. The van der Waals surface area contributed by atoms with Crippen LogP contribution in [0.25, 0.3) is 10.7 Å². The number of carbonyl (C=O) groups excluding carboxylic acids is 1. The van der Waals surface area contributed by atoms with Gasteiger partial charge in [-0.3, -0.25) is 19.8 Å². The number of hydrogen-bond acceptors (Lipinski definition) is 4. The quantitative estimate of drug-likeness (QED) is 0.754. The van der Waals surface area contributed by atoms with Crippen LogP contribution in [0.5, 0.6) is 0 Å². The lowest BCUT2D eigenvalue weighted by Crippen LogP contribution is -1.93. The zero-order chi connectivity index (χ0) is 11.0. The molecule has 2 aromatic rings. The number of hydrogen-bond donors (Lipinski definition) is 2. The molecule has 2 aromatic heterocycles. The zero-order valence-electron chi connectivity index (χ0n) is 8.25. The topological polar surface area (TPSA) is 78.6 Å². The van der Waals surface area contributed by atoms with E-state index in [4.69, 9.17) is 0 Å². The molecular weight excluding hydrogens is 214 g/mol. The first-order valence-corrected chi connectivity index (χ1v) is 5.16. The number of nitrogens with zero attached hydrogens (tertiary/aromatic N) is 1. The molecule has 0 atom stereocenters. The minimum atomic E-state index is -0.206. The predicted molar refractivity (Wildman–Crippen MR) is 57.3 cm³/mol. The van der Waals surface area contributed by atoms with Crippen LogP contribution in [0.3, 0.4) is 0 Å². The van der Waals surface area contributed by atoms with E-state index in [1.165, 1.54) is 24.3 Å². The molecule has 2 rings (SSSR count). The van der Waals surface area contributed by atoms with Crippen molar-refractivity contribution in [3.8, 4) is 10.7 Å². The fourth-order valence-electron chi connectivity index (χ4n) is 1.29. The van der Waals surface area contributed by atoms with Gasteiger partial charge in [-0.2, -0.15) is 0 Å². The van der Waals surface area contributed by atoms with E-state index in [1.54, 1.807) is 6.92 Å². The van der Waals surface area contributed by atoms with Crippen LogP contribution >= 0.6 is 11.3 Å². The van der Waals surface area contributed by atoms with Crippen molar-refractivity contribution in [3.05, 3.63) is 27.0 Å². The van der Waals surface area contributed by atoms with Gasteiger partial charge in [0.1, 0.15) is 5.01 Å². The number of thiazole rings is 1. The Morgan fingerprint density at radius 2 is 2.20 bits per heavy atom. The van der Waals surface area contributed by atoms with Crippen LogP contribution in [-0.2, 0) is 0 Å². The Hall–Kier alpha value is -1.69. The summed E-state index contributed by atoms with van der Waals surface area (Å²) in [5.74, 6) is -0.00543. The maximum Gasteiger partial charge on any atom is 0.264 e. The van der Waals surface area contributed by atoms with Crippen LogP contribution in [-0.4, -0.2) is 21.0 Å². The predicted octanol–water partition coefficient (Wildman–Crippen LogP) is 1.34. The van der Waals surface area contributed by atoms with Crippen LogP contribution in [0.2, 0.25) is 0 Å². The van der Waals surface area contributed by atoms with E-state index in [-0.39, 0.29) is 11.3 Å². The molecular formula is C9H9N3O2S. The summed E-state index contributed by atoms with van der Waals surface area (Å²) in [6.07, 6.45) is 0. The molecule has 0 saturated heterocycles. The maximum atomic E-state index is 11.2. The molecule has 0 aliphatic rings. The average Bonchev–Trinajstić information content (AvgIpc) is 2.71. The molecule has 0 aliphatic carbocycles. The van der Waals surface area contributed by atoms with E-state index in [9.17, 15) is 9.59 Å². The number of H-pyrrole nitrogens is 2. The fraction of sp³-hybridized carbons (Fsp3) is 0.222. The van der Waals surface area contributed by atoms with Crippen molar-refractivity contribution in [2.45, 2.75) is 13.8 Å². The number of aryl methyl sites for hydroxylation is 1. The molecule has 15 heavy (non-hydrogen) atoms. The molecule has 0 spiro atoms. The van der Waals surface area contributed by atoms with Gasteiger partial charge in [0.25, 0.3) is 5.56 Å². The third kappa shape index (κ3) is 1.75. The lowest BCUT2D eigenvalue weighted by molar-refractivity contribution is 0.102. The van der Waals surface area contributed by atoms with Gasteiger partial charge >= 0.3 is 0 Å². The SMILES string of the molecule is CC(=O)c1sc(-c2cc(=O)[nH][nH]2)nc1C. The van der Waals surface area contributed by atoms with E-state index in [1.807, 2.05) is 0 Å². The van der Waals surface area contributed by atoms with Gasteiger partial charge in [0.05, 0.1) is 16.3 Å². The molecule has 0 aromatic carbocycles. The van der Waals surface area contributed by atoms with Crippen LogP contribution < -0.4 is 5.56 Å². The summed E-state index contributed by atoms with van der Waals surface area (Å²) >= 11 is 1.28. The summed E-state index contributed by atoms with van der Waals surface area (Å²) in [6, 6.07) is 1.42. The van der Waals surface area contributed by atoms with E-state index in [2.05, 4.69) is 15.2 Å². The van der Waals surface area contributed by atoms with E-state index < -0.39 is 0 Å². The lowest BCUT2D eigenvalue weighted by Gasteiger charge is -1.86. The van der Waals surface area contributed by atoms with Crippen LogP contribution in [0.15, 0.2) is 10.9 Å². The van der Waals surface area contributed by atoms with Crippen LogP contribution in [0.4, 0.5) is 0 Å². The number of aromatic amines is 2. The third-order valence-corrected chi connectivity index (χ3v) is 3.23. The van der Waals surface area contributed by atoms with E-state index in [0.29, 0.717) is 21.3 Å². The first-order chi connectivity index (χ1) is 7.08. The van der Waals surface area contributed by atoms with Crippen LogP contribution in [0.1, 0.15) is 22.3 Å². The van der Waals surface area contributed by atoms with Gasteiger partial charge in [0, 0.05) is 13.0 Å². The zero-order valence-corrected chi connectivity index (χ0v) is 9.07. The fourth-order valence-corrected chi connectivity index (χ4v) is 2.22. The highest BCUT2D eigenvalue weighted by molar-refractivity contribution is 7.17. The minimum Gasteiger partial charge on any atom is -0.295 e. The summed E-state index contributed by atoms with van der Waals surface area (Å²) in [4.78, 5) is 27.0. The highest BCUT2D eigenvalue weighted by Crippen LogP contribution is 2.25. The second-order valence-corrected chi connectivity index (χ2v) is 4.16. The third-order valence-electron chi connectivity index (χ3n) is 1.94. The van der Waals surface area contributed by atoms with Crippen LogP contribution in [0, 0.1) is 6.92 Å². The highest BCUT2D eigenvalue weighted by Gasteiger charge is 2.13. The second kappa shape index (κ2) is 3.47. The molecule has 2 N–H and O–H groups in total. The van der Waals surface area contributed by atoms with Crippen molar-refractivity contribution in [3.63, 3.8) is 0 Å². The summed E-state index contributed by atoms with van der Waals surface area (Å²) < 4.78 is 0. The minimum absolute atomic E-state index is 0.00543. The number of nitrogens with one attached hydrogen (secondary N) is 2. The smallest absolute Gasteiger partial charge is 0.264 e. The van der Waals surface area contributed by atoms with Crippen molar-refractivity contribution >= 4 is 17.1 Å². The summed E-state index contributed by atoms with van der Waals surface area (Å²) in [7, 11) is 0. The summed E-state index contributed by atoms with van der Waals surface area (Å²) in [5.41, 5.74) is 1.10. The molecule has 78 valence electrons. The average molecular weight is 223 g/mol.